The van der Waals surface area contributed by atoms with E-state index < -0.39 is 0 Å². The summed E-state index contributed by atoms with van der Waals surface area (Å²) < 4.78 is 11.2. The van der Waals surface area contributed by atoms with E-state index >= 15 is 0 Å². The van der Waals surface area contributed by atoms with Gasteiger partial charge < -0.3 is 9.47 Å². The van der Waals surface area contributed by atoms with Crippen LogP contribution in [0.25, 0.3) is 6.08 Å². The van der Waals surface area contributed by atoms with Gasteiger partial charge in [0, 0.05) is 12.7 Å². The van der Waals surface area contributed by atoms with Gasteiger partial charge in [-0.3, -0.25) is 9.69 Å². The summed E-state index contributed by atoms with van der Waals surface area (Å²) in [6, 6.07) is 17.4. The first-order chi connectivity index (χ1) is 14.1. The largest absolute Gasteiger partial charge is 0.490 e. The van der Waals surface area contributed by atoms with Crippen LogP contribution in [0.3, 0.4) is 0 Å². The van der Waals surface area contributed by atoms with Crippen LogP contribution >= 0.6 is 11.8 Å². The van der Waals surface area contributed by atoms with Gasteiger partial charge in [-0.25, -0.2) is 4.99 Å². The molecule has 152 valence electrons. The summed E-state index contributed by atoms with van der Waals surface area (Å²) in [5, 5.41) is 0.657. The van der Waals surface area contributed by atoms with Gasteiger partial charge in [0.15, 0.2) is 5.17 Å². The first kappa shape index (κ1) is 21.1. The zero-order valence-electron chi connectivity index (χ0n) is 17.0. The quantitative estimate of drug-likeness (QED) is 0.567. The molecule has 0 aliphatic carbocycles. The van der Waals surface area contributed by atoms with Crippen molar-refractivity contribution in [1.29, 1.82) is 0 Å². The Morgan fingerprint density at radius 2 is 1.86 bits per heavy atom. The number of carbonyl (C=O) groups excluding carboxylic acids is 1. The molecular weight excluding hydrogens is 384 g/mol. The molecule has 1 fully saturated rings. The van der Waals surface area contributed by atoms with Gasteiger partial charge in [-0.05, 0) is 49.4 Å². The van der Waals surface area contributed by atoms with E-state index in [2.05, 4.69) is 11.9 Å². The molecule has 1 heterocycles. The van der Waals surface area contributed by atoms with Crippen LogP contribution in [0.2, 0.25) is 0 Å². The Hall–Kier alpha value is -2.57. The first-order valence-corrected chi connectivity index (χ1v) is 10.5. The molecule has 0 aromatic heterocycles. The van der Waals surface area contributed by atoms with Crippen LogP contribution in [0.4, 0.5) is 5.69 Å². The number of hydrogen-bond acceptors (Lipinski definition) is 5. The first-order valence-electron chi connectivity index (χ1n) is 9.72. The van der Waals surface area contributed by atoms with E-state index in [1.807, 2.05) is 67.6 Å². The van der Waals surface area contributed by atoms with E-state index in [0.29, 0.717) is 23.2 Å². The number of benzene rings is 2. The van der Waals surface area contributed by atoms with Gasteiger partial charge in [-0.15, -0.1) is 0 Å². The zero-order chi connectivity index (χ0) is 20.6. The molecule has 5 nitrogen and oxygen atoms in total. The highest BCUT2D eigenvalue weighted by atomic mass is 32.2. The van der Waals surface area contributed by atoms with Crippen molar-refractivity contribution in [3.63, 3.8) is 0 Å². The van der Waals surface area contributed by atoms with Gasteiger partial charge in [0.1, 0.15) is 5.75 Å². The van der Waals surface area contributed by atoms with E-state index in [4.69, 9.17) is 9.47 Å². The number of amidine groups is 1. The summed E-state index contributed by atoms with van der Waals surface area (Å²) in [5.74, 6) is 0.708. The number of nitrogens with zero attached hydrogens (tertiary/aromatic N) is 2. The second kappa shape index (κ2) is 10.3. The number of rotatable bonds is 8. The lowest BCUT2D eigenvalue weighted by Gasteiger charge is -2.15. The molecule has 1 aliphatic heterocycles. The van der Waals surface area contributed by atoms with E-state index in [1.165, 1.54) is 11.8 Å². The van der Waals surface area contributed by atoms with Gasteiger partial charge in [-0.1, -0.05) is 43.3 Å². The lowest BCUT2D eigenvalue weighted by molar-refractivity contribution is -0.122. The van der Waals surface area contributed by atoms with Crippen LogP contribution in [-0.4, -0.2) is 42.3 Å². The van der Waals surface area contributed by atoms with E-state index in [0.717, 1.165) is 23.4 Å². The van der Waals surface area contributed by atoms with Gasteiger partial charge in [0.25, 0.3) is 5.91 Å². The third-order valence-electron chi connectivity index (χ3n) is 4.50. The molecule has 0 spiro atoms. The fourth-order valence-electron chi connectivity index (χ4n) is 2.73. The van der Waals surface area contributed by atoms with Crippen LogP contribution in [-0.2, 0) is 9.53 Å². The zero-order valence-corrected chi connectivity index (χ0v) is 17.8. The molecule has 1 saturated heterocycles. The Morgan fingerprint density at radius 3 is 2.59 bits per heavy atom. The minimum atomic E-state index is -0.0694. The molecule has 2 aromatic rings. The fraction of sp³-hybridized carbons (Fsp3) is 0.304. The molecule has 1 atom stereocenters. The van der Waals surface area contributed by atoms with Gasteiger partial charge in [0.05, 0.1) is 29.8 Å². The third-order valence-corrected chi connectivity index (χ3v) is 5.50. The molecule has 1 aliphatic rings. The lowest BCUT2D eigenvalue weighted by atomic mass is 10.1. The average molecular weight is 411 g/mol. The van der Waals surface area contributed by atoms with Gasteiger partial charge in [0.2, 0.25) is 0 Å². The molecule has 1 amide bonds. The van der Waals surface area contributed by atoms with Crippen molar-refractivity contribution in [3.05, 3.63) is 65.1 Å². The molecule has 0 radical (unpaired) electrons. The Balaban J connectivity index is 1.92. The van der Waals surface area contributed by atoms with E-state index in [9.17, 15) is 4.79 Å². The molecule has 0 bridgehead atoms. The summed E-state index contributed by atoms with van der Waals surface area (Å²) in [4.78, 5) is 20.0. The van der Waals surface area contributed by atoms with Crippen molar-refractivity contribution < 1.29 is 14.3 Å². The normalized spacial score (nSPS) is 17.9. The second-order valence-corrected chi connectivity index (χ2v) is 7.67. The number of thioether (sulfide) groups is 1. The number of hydrogen-bond donors (Lipinski definition) is 0. The highest BCUT2D eigenvalue weighted by Gasteiger charge is 2.33. The number of aliphatic imine (C=N–C) groups is 1. The topological polar surface area (TPSA) is 51.1 Å². The van der Waals surface area contributed by atoms with Crippen molar-refractivity contribution in [2.24, 2.45) is 4.99 Å². The Bertz CT molecular complexity index is 896. The number of methoxy groups -OCH3 is 1. The molecule has 6 heteroatoms. The summed E-state index contributed by atoms with van der Waals surface area (Å²) in [6.45, 7) is 5.02. The number of amides is 1. The third kappa shape index (κ3) is 5.49. The highest BCUT2D eigenvalue weighted by molar-refractivity contribution is 8.18. The molecule has 0 saturated carbocycles. The van der Waals surface area contributed by atoms with Crippen LogP contribution < -0.4 is 4.74 Å². The van der Waals surface area contributed by atoms with Crippen molar-refractivity contribution in [1.82, 2.24) is 4.90 Å². The Kier molecular flexibility index (Phi) is 7.49. The van der Waals surface area contributed by atoms with E-state index in [1.54, 1.807) is 12.0 Å². The van der Waals surface area contributed by atoms with Crippen molar-refractivity contribution in [3.8, 4) is 5.75 Å². The van der Waals surface area contributed by atoms with Crippen LogP contribution in [0.5, 0.6) is 5.75 Å². The summed E-state index contributed by atoms with van der Waals surface area (Å²) >= 11 is 1.38. The SMILES string of the molecule is CC[C@H](C)Oc1ccccc1/C=C1/SC(=Nc2ccccc2)N(CCOC)C1=O. The van der Waals surface area contributed by atoms with Crippen LogP contribution in [0, 0.1) is 0 Å². The smallest absolute Gasteiger partial charge is 0.266 e. The predicted molar refractivity (Wildman–Crippen MR) is 120 cm³/mol. The van der Waals surface area contributed by atoms with Crippen LogP contribution in [0.15, 0.2) is 64.5 Å². The standard InChI is InChI=1S/C23H26N2O3S/c1-4-17(2)28-20-13-9-8-10-18(20)16-21-22(26)25(14-15-27-3)23(29-21)24-19-11-6-5-7-12-19/h5-13,16-17H,4,14-15H2,1-3H3/b21-16+,24-23?/t17-/m0/s1. The maximum Gasteiger partial charge on any atom is 0.266 e. The number of carbonyl (C=O) groups is 1. The minimum Gasteiger partial charge on any atom is -0.490 e. The number of para-hydroxylation sites is 2. The maximum atomic E-state index is 13.1. The highest BCUT2D eigenvalue weighted by Crippen LogP contribution is 2.35. The monoisotopic (exact) mass is 410 g/mol. The van der Waals surface area contributed by atoms with Crippen molar-refractivity contribution in [2.45, 2.75) is 26.4 Å². The molecule has 29 heavy (non-hydrogen) atoms. The van der Waals surface area contributed by atoms with E-state index in [-0.39, 0.29) is 12.0 Å². The minimum absolute atomic E-state index is 0.0694. The van der Waals surface area contributed by atoms with Gasteiger partial charge >= 0.3 is 0 Å². The second-order valence-electron chi connectivity index (χ2n) is 6.66. The summed E-state index contributed by atoms with van der Waals surface area (Å²) in [6.07, 6.45) is 2.91. The number of ether oxygens (including phenoxy) is 2. The lowest BCUT2D eigenvalue weighted by Crippen LogP contribution is -2.32. The van der Waals surface area contributed by atoms with Gasteiger partial charge in [-0.2, -0.15) is 0 Å². The fourth-order valence-corrected chi connectivity index (χ4v) is 3.75. The molecule has 2 aromatic carbocycles. The Morgan fingerprint density at radius 1 is 1.14 bits per heavy atom. The van der Waals surface area contributed by atoms with Crippen LogP contribution in [0.1, 0.15) is 25.8 Å². The average Bonchev–Trinajstić information content (AvgIpc) is 3.02. The predicted octanol–water partition coefficient (Wildman–Crippen LogP) is 5.11. The molecule has 0 N–H and O–H groups in total. The van der Waals surface area contributed by atoms with Crippen molar-refractivity contribution in [2.75, 3.05) is 20.3 Å². The Labute approximate surface area is 176 Å². The molecule has 0 unspecified atom stereocenters. The molecule has 3 rings (SSSR count). The molecular formula is C23H26N2O3S. The maximum absolute atomic E-state index is 13.1. The summed E-state index contributed by atoms with van der Waals surface area (Å²) in [5.41, 5.74) is 1.70. The van der Waals surface area contributed by atoms with Crippen molar-refractivity contribution >= 4 is 34.6 Å². The summed E-state index contributed by atoms with van der Waals surface area (Å²) in [7, 11) is 1.63.